The van der Waals surface area contributed by atoms with Crippen LogP contribution in [-0.4, -0.2) is 34.8 Å². The third-order valence-corrected chi connectivity index (χ3v) is 5.95. The number of hydrogen-bond donors (Lipinski definition) is 1. The second-order valence-electron chi connectivity index (χ2n) is 7.48. The molecule has 3 fully saturated rings. The van der Waals surface area contributed by atoms with Gasteiger partial charge in [0.2, 0.25) is 0 Å². The van der Waals surface area contributed by atoms with Crippen molar-refractivity contribution in [3.05, 3.63) is 65.7 Å². The Morgan fingerprint density at radius 3 is 2.52 bits per heavy atom. The van der Waals surface area contributed by atoms with Gasteiger partial charge in [0.25, 0.3) is 0 Å². The fourth-order valence-corrected chi connectivity index (χ4v) is 4.78. The fraction of sp³-hybridized carbons (Fsp3) is 0.381. The van der Waals surface area contributed by atoms with E-state index in [0.29, 0.717) is 12.0 Å². The van der Waals surface area contributed by atoms with Crippen molar-refractivity contribution in [2.75, 3.05) is 18.8 Å². The van der Waals surface area contributed by atoms with Crippen LogP contribution in [0.1, 0.15) is 30.0 Å². The molecule has 3 saturated heterocycles. The lowest BCUT2D eigenvalue weighted by Crippen LogP contribution is -2.56. The molecule has 0 radical (unpaired) electrons. The highest BCUT2D eigenvalue weighted by Gasteiger charge is 2.49. The average molecular weight is 332 g/mol. The van der Waals surface area contributed by atoms with Crippen molar-refractivity contribution >= 4 is 11.4 Å². The summed E-state index contributed by atoms with van der Waals surface area (Å²) in [5.41, 5.74) is 10.9. The topological polar surface area (TPSA) is 44.9 Å². The van der Waals surface area contributed by atoms with Gasteiger partial charge in [0, 0.05) is 11.6 Å². The van der Waals surface area contributed by atoms with Gasteiger partial charge in [-0.15, -0.1) is 0 Å². The summed E-state index contributed by atoms with van der Waals surface area (Å²) in [5, 5.41) is 7.45. The van der Waals surface area contributed by atoms with E-state index in [-0.39, 0.29) is 6.04 Å². The monoisotopic (exact) mass is 332 g/mol. The minimum Gasteiger partial charge on any atom is -0.399 e. The molecule has 4 aliphatic heterocycles. The molecule has 2 unspecified atom stereocenters. The number of hydrazone groups is 1. The summed E-state index contributed by atoms with van der Waals surface area (Å²) in [4.78, 5) is 2.64. The van der Waals surface area contributed by atoms with Crippen LogP contribution in [0.15, 0.2) is 59.7 Å². The number of piperidine rings is 3. The van der Waals surface area contributed by atoms with Crippen molar-refractivity contribution in [1.82, 2.24) is 9.91 Å². The Morgan fingerprint density at radius 2 is 1.76 bits per heavy atom. The zero-order valence-corrected chi connectivity index (χ0v) is 14.4. The van der Waals surface area contributed by atoms with Crippen molar-refractivity contribution in [1.29, 1.82) is 0 Å². The Morgan fingerprint density at radius 1 is 0.960 bits per heavy atom. The molecule has 2 atom stereocenters. The van der Waals surface area contributed by atoms with E-state index in [9.17, 15) is 0 Å². The Labute approximate surface area is 148 Å². The third kappa shape index (κ3) is 2.52. The molecule has 0 spiro atoms. The zero-order chi connectivity index (χ0) is 16.8. The minimum atomic E-state index is 0.266. The third-order valence-electron chi connectivity index (χ3n) is 5.95. The van der Waals surface area contributed by atoms with Crippen molar-refractivity contribution in [3.8, 4) is 0 Å². The molecule has 4 nitrogen and oxygen atoms in total. The Hall–Kier alpha value is -2.33. The summed E-state index contributed by atoms with van der Waals surface area (Å²) in [6.45, 7) is 3.25. The number of nitrogens with zero attached hydrogens (tertiary/aromatic N) is 3. The minimum absolute atomic E-state index is 0.266. The molecule has 0 aromatic heterocycles. The Kier molecular flexibility index (Phi) is 3.52. The summed E-state index contributed by atoms with van der Waals surface area (Å²) in [6, 6.07) is 19.7. The predicted molar refractivity (Wildman–Crippen MR) is 101 cm³/mol. The van der Waals surface area contributed by atoms with Gasteiger partial charge in [-0.25, -0.2) is 0 Å². The number of rotatable bonds is 3. The molecule has 0 amide bonds. The van der Waals surface area contributed by atoms with Crippen molar-refractivity contribution in [2.45, 2.75) is 31.5 Å². The smallest absolute Gasteiger partial charge is 0.0934 e. The van der Waals surface area contributed by atoms with Gasteiger partial charge in [0.05, 0.1) is 24.3 Å². The van der Waals surface area contributed by atoms with Gasteiger partial charge in [-0.05, 0) is 49.2 Å². The summed E-state index contributed by atoms with van der Waals surface area (Å²) < 4.78 is 0. The highest BCUT2D eigenvalue weighted by molar-refractivity contribution is 5.95. The number of fused-ring (bicyclic) bond motifs is 2. The summed E-state index contributed by atoms with van der Waals surface area (Å²) in [5.74, 6) is 0.666. The van der Waals surface area contributed by atoms with E-state index < -0.39 is 0 Å². The molecule has 2 bridgehead atoms. The molecule has 2 N–H and O–H groups in total. The van der Waals surface area contributed by atoms with Gasteiger partial charge < -0.3 is 5.73 Å². The van der Waals surface area contributed by atoms with E-state index in [2.05, 4.69) is 58.4 Å². The van der Waals surface area contributed by atoms with Gasteiger partial charge >= 0.3 is 0 Å². The predicted octanol–water partition coefficient (Wildman–Crippen LogP) is 3.28. The average Bonchev–Trinajstić information content (AvgIpc) is 3.04. The van der Waals surface area contributed by atoms with Crippen LogP contribution in [0.5, 0.6) is 0 Å². The first kappa shape index (κ1) is 15.0. The number of hydrogen-bond acceptors (Lipinski definition) is 4. The molecular formula is C21H24N4. The largest absolute Gasteiger partial charge is 0.399 e. The maximum Gasteiger partial charge on any atom is 0.0934 e. The van der Waals surface area contributed by atoms with Gasteiger partial charge in [0.15, 0.2) is 0 Å². The number of nitrogen functional groups attached to an aromatic ring is 1. The van der Waals surface area contributed by atoms with E-state index in [1.165, 1.54) is 42.8 Å². The van der Waals surface area contributed by atoms with Crippen LogP contribution >= 0.6 is 0 Å². The highest BCUT2D eigenvalue weighted by Crippen LogP contribution is 2.44. The zero-order valence-electron chi connectivity index (χ0n) is 14.4. The van der Waals surface area contributed by atoms with Gasteiger partial charge in [-0.2, -0.15) is 5.10 Å². The highest BCUT2D eigenvalue weighted by atomic mass is 15.5. The maximum absolute atomic E-state index is 6.10. The van der Waals surface area contributed by atoms with Crippen LogP contribution in [-0.2, 0) is 6.54 Å². The molecule has 6 rings (SSSR count). The standard InChI is InChI=1S/C21H24N4/c22-18-8-4-7-17(13-18)20-21-19(16-9-11-24(21)12-10-16)23-25(20)14-15-5-2-1-3-6-15/h1-8,13,16,20-21H,9-12,14,22H2. The molecule has 4 heterocycles. The molecule has 128 valence electrons. The molecule has 2 aromatic rings. The second kappa shape index (κ2) is 5.88. The number of anilines is 1. The van der Waals surface area contributed by atoms with E-state index in [1.807, 2.05) is 6.07 Å². The lowest BCUT2D eigenvalue weighted by molar-refractivity contribution is 0.0938. The van der Waals surface area contributed by atoms with E-state index in [0.717, 1.165) is 12.2 Å². The van der Waals surface area contributed by atoms with Crippen LogP contribution in [0.4, 0.5) is 5.69 Å². The Balaban J connectivity index is 1.55. The molecular weight excluding hydrogens is 308 g/mol. The van der Waals surface area contributed by atoms with Gasteiger partial charge in [0.1, 0.15) is 0 Å². The van der Waals surface area contributed by atoms with E-state index in [4.69, 9.17) is 10.8 Å². The summed E-state index contributed by atoms with van der Waals surface area (Å²) in [6.07, 6.45) is 2.52. The van der Waals surface area contributed by atoms with Gasteiger partial charge in [-0.1, -0.05) is 42.5 Å². The lowest BCUT2D eigenvalue weighted by Gasteiger charge is -2.46. The molecule has 4 heteroatoms. The van der Waals surface area contributed by atoms with Crippen LogP contribution in [0.2, 0.25) is 0 Å². The number of benzene rings is 2. The van der Waals surface area contributed by atoms with Crippen LogP contribution in [0.25, 0.3) is 0 Å². The molecule has 4 aliphatic rings. The molecule has 2 aromatic carbocycles. The first-order chi connectivity index (χ1) is 12.3. The number of nitrogens with two attached hydrogens (primary N) is 1. The first-order valence-corrected chi connectivity index (χ1v) is 9.28. The first-order valence-electron chi connectivity index (χ1n) is 9.28. The molecule has 0 aliphatic carbocycles. The Bertz CT molecular complexity index is 793. The summed E-state index contributed by atoms with van der Waals surface area (Å²) in [7, 11) is 0. The van der Waals surface area contributed by atoms with Crippen LogP contribution < -0.4 is 5.73 Å². The SMILES string of the molecule is Nc1cccc(C2C3C(=NN2Cc2ccccc2)C2CCN3CC2)c1. The molecule has 0 saturated carbocycles. The summed E-state index contributed by atoms with van der Waals surface area (Å²) >= 11 is 0. The lowest BCUT2D eigenvalue weighted by atomic mass is 9.78. The van der Waals surface area contributed by atoms with E-state index in [1.54, 1.807) is 0 Å². The normalized spacial score (nSPS) is 30.2. The van der Waals surface area contributed by atoms with Crippen molar-refractivity contribution < 1.29 is 0 Å². The quantitative estimate of drug-likeness (QED) is 0.878. The van der Waals surface area contributed by atoms with Gasteiger partial charge in [-0.3, -0.25) is 9.91 Å². The van der Waals surface area contributed by atoms with E-state index >= 15 is 0 Å². The second-order valence-corrected chi connectivity index (χ2v) is 7.48. The van der Waals surface area contributed by atoms with Crippen molar-refractivity contribution in [3.63, 3.8) is 0 Å². The van der Waals surface area contributed by atoms with Crippen LogP contribution in [0, 0.1) is 5.92 Å². The maximum atomic E-state index is 6.10. The molecule has 25 heavy (non-hydrogen) atoms. The fourth-order valence-electron chi connectivity index (χ4n) is 4.78. The van der Waals surface area contributed by atoms with Crippen LogP contribution in [0.3, 0.4) is 0 Å². The van der Waals surface area contributed by atoms with Crippen molar-refractivity contribution in [2.24, 2.45) is 11.0 Å².